The Labute approximate surface area is 257 Å². The van der Waals surface area contributed by atoms with E-state index in [1.54, 1.807) is 0 Å². The average Bonchev–Trinajstić information content (AvgIpc) is 3.02. The zero-order chi connectivity index (χ0) is 29.3. The first-order valence-corrected chi connectivity index (χ1v) is 18.3. The minimum Gasteiger partial charge on any atom is -0.0654 e. The predicted molar refractivity (Wildman–Crippen MR) is 185 cm³/mol. The van der Waals surface area contributed by atoms with Crippen LogP contribution >= 0.6 is 0 Å². The van der Waals surface area contributed by atoms with E-state index in [0.29, 0.717) is 5.92 Å². The molecule has 0 radical (unpaired) electrons. The monoisotopic (exact) mass is 561 g/mol. The first kappa shape index (κ1) is 35.6. The number of unbranched alkanes of at least 4 members (excludes halogenated alkanes) is 20. The first-order valence-electron chi connectivity index (χ1n) is 18.3. The summed E-state index contributed by atoms with van der Waals surface area (Å²) in [6, 6.07) is 22.9. The molecular weight excluding hydrogens is 492 g/mol. The lowest BCUT2D eigenvalue weighted by Crippen LogP contribution is -2.33. The second kappa shape index (κ2) is 23.9. The molecule has 0 bridgehead atoms. The van der Waals surface area contributed by atoms with Gasteiger partial charge in [0, 0.05) is 5.41 Å². The van der Waals surface area contributed by atoms with Crippen molar-refractivity contribution < 1.29 is 0 Å². The molecule has 0 atom stereocenters. The molecule has 2 aromatic carbocycles. The molecule has 0 fully saturated rings. The van der Waals surface area contributed by atoms with Crippen molar-refractivity contribution in [3.8, 4) is 0 Å². The fourth-order valence-electron chi connectivity index (χ4n) is 7.04. The summed E-state index contributed by atoms with van der Waals surface area (Å²) >= 11 is 0. The van der Waals surface area contributed by atoms with Gasteiger partial charge in [-0.3, -0.25) is 0 Å². The van der Waals surface area contributed by atoms with Crippen molar-refractivity contribution in [1.29, 1.82) is 0 Å². The average molecular weight is 561 g/mol. The maximum atomic E-state index is 2.55. The SMILES string of the molecule is CCCCCCCCCCCCCC(CCCCCCCCCCCCC)C(C)(c1ccccc1)c1ccccc1. The smallest absolute Gasteiger partial charge is 0.0202 e. The van der Waals surface area contributed by atoms with Crippen LogP contribution in [-0.4, -0.2) is 0 Å². The van der Waals surface area contributed by atoms with Gasteiger partial charge in [-0.1, -0.05) is 223 Å². The number of benzene rings is 2. The van der Waals surface area contributed by atoms with E-state index >= 15 is 0 Å². The number of hydrogen-bond donors (Lipinski definition) is 0. The van der Waals surface area contributed by atoms with Gasteiger partial charge in [0.1, 0.15) is 0 Å². The van der Waals surface area contributed by atoms with Crippen LogP contribution in [0, 0.1) is 5.92 Å². The van der Waals surface area contributed by atoms with Crippen LogP contribution in [0.3, 0.4) is 0 Å². The summed E-state index contributed by atoms with van der Waals surface area (Å²) in [5.41, 5.74) is 3.09. The van der Waals surface area contributed by atoms with Gasteiger partial charge in [-0.25, -0.2) is 0 Å². The minimum atomic E-state index is 0.0828. The highest BCUT2D eigenvalue weighted by molar-refractivity contribution is 5.39. The molecule has 0 heteroatoms. The second-order valence-electron chi connectivity index (χ2n) is 13.3. The lowest BCUT2D eigenvalue weighted by Gasteiger charge is -2.40. The lowest BCUT2D eigenvalue weighted by molar-refractivity contribution is 0.284. The van der Waals surface area contributed by atoms with Crippen LogP contribution < -0.4 is 0 Å². The van der Waals surface area contributed by atoms with Crippen molar-refractivity contribution in [3.63, 3.8) is 0 Å². The largest absolute Gasteiger partial charge is 0.0654 e. The predicted octanol–water partition coefficient (Wildman–Crippen LogP) is 14.0. The Bertz CT molecular complexity index is 741. The molecule has 232 valence electrons. The van der Waals surface area contributed by atoms with E-state index in [2.05, 4.69) is 81.4 Å². The molecule has 0 amide bonds. The van der Waals surface area contributed by atoms with Gasteiger partial charge < -0.3 is 0 Å². The Morgan fingerprint density at radius 2 is 0.659 bits per heavy atom. The molecule has 0 nitrogen and oxygen atoms in total. The summed E-state index contributed by atoms with van der Waals surface area (Å²) in [6.45, 7) is 7.18. The Balaban J connectivity index is 1.86. The number of hydrogen-bond acceptors (Lipinski definition) is 0. The van der Waals surface area contributed by atoms with E-state index < -0.39 is 0 Å². The zero-order valence-corrected chi connectivity index (χ0v) is 27.8. The third-order valence-corrected chi connectivity index (χ3v) is 9.88. The van der Waals surface area contributed by atoms with Crippen LogP contribution in [0.25, 0.3) is 0 Å². The van der Waals surface area contributed by atoms with E-state index in [9.17, 15) is 0 Å². The quantitative estimate of drug-likeness (QED) is 0.0953. The Morgan fingerprint density at radius 3 is 0.951 bits per heavy atom. The van der Waals surface area contributed by atoms with E-state index in [-0.39, 0.29) is 5.41 Å². The molecule has 0 N–H and O–H groups in total. The standard InChI is InChI=1S/C41H68/c1-4-6-8-10-12-14-16-18-20-22-26-32-38(33-27-23-21-19-17-15-13-11-9-7-5-2)41(3,39-34-28-24-29-35-39)40-36-30-25-31-37-40/h24-25,28-31,34-38H,4-23,26-27,32-33H2,1-3H3. The molecule has 0 spiro atoms. The summed E-state index contributed by atoms with van der Waals surface area (Å²) in [7, 11) is 0. The van der Waals surface area contributed by atoms with Crippen molar-refractivity contribution in [3.05, 3.63) is 71.8 Å². The molecule has 0 saturated carbocycles. The third-order valence-electron chi connectivity index (χ3n) is 9.88. The maximum Gasteiger partial charge on any atom is 0.0202 e. The van der Waals surface area contributed by atoms with Crippen LogP contribution in [0.1, 0.15) is 186 Å². The third kappa shape index (κ3) is 14.9. The summed E-state index contributed by atoms with van der Waals surface area (Å²) in [5, 5.41) is 0. The highest BCUT2D eigenvalue weighted by atomic mass is 14.4. The van der Waals surface area contributed by atoms with Crippen LogP contribution in [-0.2, 0) is 5.41 Å². The molecule has 2 rings (SSSR count). The van der Waals surface area contributed by atoms with Crippen LogP contribution in [0.2, 0.25) is 0 Å². The fraction of sp³-hybridized carbons (Fsp3) is 0.707. The molecule has 0 unspecified atom stereocenters. The topological polar surface area (TPSA) is 0 Å². The summed E-state index contributed by atoms with van der Waals surface area (Å²) in [6.07, 6.45) is 34.0. The fourth-order valence-corrected chi connectivity index (χ4v) is 7.04. The van der Waals surface area contributed by atoms with Gasteiger partial charge in [0.25, 0.3) is 0 Å². The van der Waals surface area contributed by atoms with Gasteiger partial charge in [0.2, 0.25) is 0 Å². The summed E-state index contributed by atoms with van der Waals surface area (Å²) in [5.74, 6) is 0.699. The van der Waals surface area contributed by atoms with E-state index in [1.807, 2.05) is 0 Å². The Morgan fingerprint density at radius 1 is 0.390 bits per heavy atom. The van der Waals surface area contributed by atoms with Gasteiger partial charge >= 0.3 is 0 Å². The summed E-state index contributed by atoms with van der Waals surface area (Å²) < 4.78 is 0. The number of rotatable bonds is 27. The second-order valence-corrected chi connectivity index (χ2v) is 13.3. The van der Waals surface area contributed by atoms with E-state index in [1.165, 1.54) is 165 Å². The van der Waals surface area contributed by atoms with Crippen LogP contribution in [0.5, 0.6) is 0 Å². The van der Waals surface area contributed by atoms with Gasteiger partial charge in [-0.15, -0.1) is 0 Å². The highest BCUT2D eigenvalue weighted by Crippen LogP contribution is 2.44. The molecule has 0 aliphatic carbocycles. The molecule has 0 aliphatic rings. The first-order chi connectivity index (χ1) is 20.2. The molecule has 0 aromatic heterocycles. The van der Waals surface area contributed by atoms with E-state index in [4.69, 9.17) is 0 Å². The van der Waals surface area contributed by atoms with Crippen molar-refractivity contribution >= 4 is 0 Å². The van der Waals surface area contributed by atoms with Gasteiger partial charge in [0.05, 0.1) is 0 Å². The molecule has 0 aliphatic heterocycles. The Hall–Kier alpha value is -1.56. The molecule has 2 aromatic rings. The highest BCUT2D eigenvalue weighted by Gasteiger charge is 2.36. The molecule has 41 heavy (non-hydrogen) atoms. The van der Waals surface area contributed by atoms with Gasteiger partial charge in [-0.2, -0.15) is 0 Å². The molecule has 0 saturated heterocycles. The lowest BCUT2D eigenvalue weighted by atomic mass is 9.64. The van der Waals surface area contributed by atoms with Gasteiger partial charge in [0.15, 0.2) is 0 Å². The van der Waals surface area contributed by atoms with Crippen LogP contribution in [0.15, 0.2) is 60.7 Å². The zero-order valence-electron chi connectivity index (χ0n) is 27.8. The molecular formula is C41H68. The molecule has 0 heterocycles. The Kier molecular flexibility index (Phi) is 20.8. The maximum absolute atomic E-state index is 2.55. The van der Waals surface area contributed by atoms with Crippen molar-refractivity contribution in [2.24, 2.45) is 5.92 Å². The van der Waals surface area contributed by atoms with Crippen molar-refractivity contribution in [1.82, 2.24) is 0 Å². The minimum absolute atomic E-state index is 0.0828. The normalized spacial score (nSPS) is 11.9. The van der Waals surface area contributed by atoms with Gasteiger partial charge in [-0.05, 0) is 29.9 Å². The van der Waals surface area contributed by atoms with E-state index in [0.717, 1.165) is 0 Å². The van der Waals surface area contributed by atoms with Crippen molar-refractivity contribution in [2.45, 2.75) is 180 Å². The van der Waals surface area contributed by atoms with Crippen molar-refractivity contribution in [2.75, 3.05) is 0 Å². The summed E-state index contributed by atoms with van der Waals surface area (Å²) in [4.78, 5) is 0. The van der Waals surface area contributed by atoms with Crippen LogP contribution in [0.4, 0.5) is 0 Å².